The van der Waals surface area contributed by atoms with Crippen LogP contribution in [0, 0.1) is 0 Å². The van der Waals surface area contributed by atoms with E-state index < -0.39 is 0 Å². The predicted molar refractivity (Wildman–Crippen MR) is 64.5 cm³/mol. The van der Waals surface area contributed by atoms with E-state index in [1.807, 2.05) is 18.2 Å². The summed E-state index contributed by atoms with van der Waals surface area (Å²) in [6.07, 6.45) is 0. The van der Waals surface area contributed by atoms with E-state index >= 15 is 0 Å². The monoisotopic (exact) mass is 276 g/mol. The van der Waals surface area contributed by atoms with Crippen molar-refractivity contribution in [2.24, 2.45) is 5.73 Å². The molecular formula is C10H14BrClN2. The summed E-state index contributed by atoms with van der Waals surface area (Å²) in [5, 5.41) is 4.04. The Kier molecular flexibility index (Phi) is 4.89. The Hall–Kier alpha value is -0.0900. The molecule has 4 heteroatoms. The van der Waals surface area contributed by atoms with Crippen molar-refractivity contribution in [1.29, 1.82) is 0 Å². The fourth-order valence-corrected chi connectivity index (χ4v) is 1.47. The van der Waals surface area contributed by atoms with Gasteiger partial charge in [-0.3, -0.25) is 0 Å². The Labute approximate surface area is 98.0 Å². The highest BCUT2D eigenvalue weighted by molar-refractivity contribution is 9.10. The summed E-state index contributed by atoms with van der Waals surface area (Å²) >= 11 is 9.31. The maximum absolute atomic E-state index is 5.96. The molecule has 1 aromatic rings. The Morgan fingerprint density at radius 1 is 1.57 bits per heavy atom. The smallest absolute Gasteiger partial charge is 0.0551 e. The highest BCUT2D eigenvalue weighted by Crippen LogP contribution is 2.22. The second kappa shape index (κ2) is 5.71. The van der Waals surface area contributed by atoms with E-state index in [-0.39, 0.29) is 0 Å². The van der Waals surface area contributed by atoms with Gasteiger partial charge in [0.15, 0.2) is 0 Å². The highest BCUT2D eigenvalue weighted by atomic mass is 79.9. The zero-order valence-corrected chi connectivity index (χ0v) is 10.4. The molecule has 0 bridgehead atoms. The van der Waals surface area contributed by atoms with Crippen LogP contribution in [-0.4, -0.2) is 12.6 Å². The molecule has 0 saturated carbocycles. The Morgan fingerprint density at radius 3 is 2.86 bits per heavy atom. The number of nitrogens with two attached hydrogens (primary N) is 1. The quantitative estimate of drug-likeness (QED) is 0.887. The molecule has 0 spiro atoms. The van der Waals surface area contributed by atoms with Gasteiger partial charge in [-0.1, -0.05) is 17.7 Å². The summed E-state index contributed by atoms with van der Waals surface area (Å²) in [7, 11) is 0. The maximum Gasteiger partial charge on any atom is 0.0551 e. The van der Waals surface area contributed by atoms with E-state index in [4.69, 9.17) is 17.3 Å². The van der Waals surface area contributed by atoms with Gasteiger partial charge in [0.05, 0.1) is 5.02 Å². The highest BCUT2D eigenvalue weighted by Gasteiger charge is 2.01. The Balaban J connectivity index is 2.55. The third-order valence-electron chi connectivity index (χ3n) is 1.99. The minimum Gasteiger partial charge on any atom is -0.329 e. The lowest BCUT2D eigenvalue weighted by Crippen LogP contribution is -2.32. The molecule has 0 aliphatic rings. The first-order valence-electron chi connectivity index (χ1n) is 4.51. The first-order chi connectivity index (χ1) is 6.63. The number of hydrogen-bond donors (Lipinski definition) is 2. The predicted octanol–water partition coefficient (Wildman–Crippen LogP) is 2.54. The number of halogens is 2. The third kappa shape index (κ3) is 3.58. The fourth-order valence-electron chi connectivity index (χ4n) is 1.03. The fraction of sp³-hybridized carbons (Fsp3) is 0.400. The van der Waals surface area contributed by atoms with Crippen LogP contribution < -0.4 is 11.1 Å². The van der Waals surface area contributed by atoms with Gasteiger partial charge >= 0.3 is 0 Å². The number of rotatable bonds is 4. The topological polar surface area (TPSA) is 38.0 Å². The van der Waals surface area contributed by atoms with Crippen molar-refractivity contribution in [3.05, 3.63) is 33.3 Å². The summed E-state index contributed by atoms with van der Waals surface area (Å²) in [6.45, 7) is 3.50. The van der Waals surface area contributed by atoms with Gasteiger partial charge in [-0.05, 0) is 40.5 Å². The van der Waals surface area contributed by atoms with E-state index in [0.29, 0.717) is 12.6 Å². The van der Waals surface area contributed by atoms with Crippen LogP contribution in [-0.2, 0) is 6.54 Å². The SMILES string of the molecule is C[C@@H](CN)NCc1ccc(Br)c(Cl)c1. The van der Waals surface area contributed by atoms with Gasteiger partial charge in [-0.15, -0.1) is 0 Å². The molecule has 0 radical (unpaired) electrons. The molecule has 0 aromatic heterocycles. The minimum atomic E-state index is 0.331. The van der Waals surface area contributed by atoms with E-state index in [1.165, 1.54) is 5.56 Å². The van der Waals surface area contributed by atoms with Crippen molar-refractivity contribution < 1.29 is 0 Å². The van der Waals surface area contributed by atoms with Crippen molar-refractivity contribution in [2.75, 3.05) is 6.54 Å². The normalized spacial score (nSPS) is 12.9. The third-order valence-corrected chi connectivity index (χ3v) is 3.22. The Bertz CT molecular complexity index is 304. The van der Waals surface area contributed by atoms with Crippen LogP contribution in [0.25, 0.3) is 0 Å². The average molecular weight is 278 g/mol. The molecule has 78 valence electrons. The van der Waals surface area contributed by atoms with E-state index in [9.17, 15) is 0 Å². The van der Waals surface area contributed by atoms with Crippen molar-refractivity contribution in [3.8, 4) is 0 Å². The van der Waals surface area contributed by atoms with Gasteiger partial charge < -0.3 is 11.1 Å². The van der Waals surface area contributed by atoms with Crippen molar-refractivity contribution in [3.63, 3.8) is 0 Å². The summed E-state index contributed by atoms with van der Waals surface area (Å²) < 4.78 is 0.926. The lowest BCUT2D eigenvalue weighted by molar-refractivity contribution is 0.556. The molecule has 14 heavy (non-hydrogen) atoms. The largest absolute Gasteiger partial charge is 0.329 e. The van der Waals surface area contributed by atoms with Gasteiger partial charge in [-0.2, -0.15) is 0 Å². The van der Waals surface area contributed by atoms with E-state index in [2.05, 4.69) is 28.2 Å². The molecular weight excluding hydrogens is 263 g/mol. The van der Waals surface area contributed by atoms with Gasteiger partial charge in [0.2, 0.25) is 0 Å². The molecule has 0 amide bonds. The van der Waals surface area contributed by atoms with Crippen LogP contribution in [0.1, 0.15) is 12.5 Å². The summed E-state index contributed by atoms with van der Waals surface area (Å²) in [5.74, 6) is 0. The molecule has 1 rings (SSSR count). The van der Waals surface area contributed by atoms with Gasteiger partial charge in [0.25, 0.3) is 0 Å². The molecule has 0 fully saturated rings. The molecule has 0 saturated heterocycles. The van der Waals surface area contributed by atoms with Crippen LogP contribution in [0.3, 0.4) is 0 Å². The maximum atomic E-state index is 5.96. The number of benzene rings is 1. The van der Waals surface area contributed by atoms with E-state index in [0.717, 1.165) is 16.0 Å². The first-order valence-corrected chi connectivity index (χ1v) is 5.68. The summed E-state index contributed by atoms with van der Waals surface area (Å²) in [4.78, 5) is 0. The zero-order valence-electron chi connectivity index (χ0n) is 8.06. The van der Waals surface area contributed by atoms with Gasteiger partial charge in [-0.25, -0.2) is 0 Å². The molecule has 1 atom stereocenters. The summed E-state index contributed by atoms with van der Waals surface area (Å²) in [5.41, 5.74) is 6.66. The standard InChI is InChI=1S/C10H14BrClN2/c1-7(5-13)14-6-8-2-3-9(11)10(12)4-8/h2-4,7,14H,5-6,13H2,1H3/t7-/m0/s1. The lowest BCUT2D eigenvalue weighted by atomic mass is 10.2. The summed E-state index contributed by atoms with van der Waals surface area (Å²) in [6, 6.07) is 6.26. The van der Waals surface area contributed by atoms with Crippen molar-refractivity contribution in [1.82, 2.24) is 5.32 Å². The average Bonchev–Trinajstić information content (AvgIpc) is 2.19. The number of nitrogens with one attached hydrogen (secondary N) is 1. The van der Waals surface area contributed by atoms with Crippen molar-refractivity contribution >= 4 is 27.5 Å². The van der Waals surface area contributed by atoms with Crippen LogP contribution in [0.5, 0.6) is 0 Å². The zero-order chi connectivity index (χ0) is 10.6. The molecule has 0 unspecified atom stereocenters. The van der Waals surface area contributed by atoms with Crippen LogP contribution in [0.2, 0.25) is 5.02 Å². The number of hydrogen-bond acceptors (Lipinski definition) is 2. The minimum absolute atomic E-state index is 0.331. The second-order valence-electron chi connectivity index (χ2n) is 3.27. The van der Waals surface area contributed by atoms with Gasteiger partial charge in [0.1, 0.15) is 0 Å². The molecule has 0 aliphatic heterocycles. The van der Waals surface area contributed by atoms with Gasteiger partial charge in [0, 0.05) is 23.6 Å². The van der Waals surface area contributed by atoms with Crippen LogP contribution in [0.15, 0.2) is 22.7 Å². The molecule has 2 nitrogen and oxygen atoms in total. The molecule has 3 N–H and O–H groups in total. The molecule has 0 heterocycles. The van der Waals surface area contributed by atoms with E-state index in [1.54, 1.807) is 0 Å². The second-order valence-corrected chi connectivity index (χ2v) is 4.53. The lowest BCUT2D eigenvalue weighted by Gasteiger charge is -2.11. The van der Waals surface area contributed by atoms with Crippen molar-refractivity contribution in [2.45, 2.75) is 19.5 Å². The van der Waals surface area contributed by atoms with Crippen LogP contribution in [0.4, 0.5) is 0 Å². The Morgan fingerprint density at radius 2 is 2.29 bits per heavy atom. The first kappa shape index (κ1) is 12.0. The molecule has 1 aromatic carbocycles. The molecule has 0 aliphatic carbocycles. The van der Waals surface area contributed by atoms with Crippen LogP contribution >= 0.6 is 27.5 Å².